The van der Waals surface area contributed by atoms with Crippen LogP contribution in [0.25, 0.3) is 0 Å². The van der Waals surface area contributed by atoms with E-state index in [1.54, 1.807) is 22.4 Å². The van der Waals surface area contributed by atoms with Crippen LogP contribution in [-0.2, 0) is 16.1 Å². The van der Waals surface area contributed by atoms with Gasteiger partial charge in [0.25, 0.3) is 0 Å². The van der Waals surface area contributed by atoms with Crippen LogP contribution in [-0.4, -0.2) is 52.5 Å². The molecule has 0 bridgehead atoms. The summed E-state index contributed by atoms with van der Waals surface area (Å²) < 4.78 is 5.12. The van der Waals surface area contributed by atoms with Gasteiger partial charge in [0, 0.05) is 36.6 Å². The van der Waals surface area contributed by atoms with Crippen LogP contribution in [0.1, 0.15) is 42.7 Å². The maximum atomic E-state index is 13.4. The molecule has 1 aromatic carbocycles. The highest BCUT2D eigenvalue weighted by Crippen LogP contribution is 2.49. The van der Waals surface area contributed by atoms with Crippen LogP contribution in [0.2, 0.25) is 0 Å². The molecule has 2 heterocycles. The maximum absolute atomic E-state index is 13.4. The van der Waals surface area contributed by atoms with Gasteiger partial charge in [-0.1, -0.05) is 30.3 Å². The summed E-state index contributed by atoms with van der Waals surface area (Å²) in [5, 5.41) is 2.91. The van der Waals surface area contributed by atoms with Gasteiger partial charge >= 0.3 is 6.09 Å². The van der Waals surface area contributed by atoms with Gasteiger partial charge in [0.15, 0.2) is 0 Å². The summed E-state index contributed by atoms with van der Waals surface area (Å²) in [5.74, 6) is 0.603. The quantitative estimate of drug-likeness (QED) is 0.721. The number of carbonyl (C=O) groups is 2. The second-order valence-corrected chi connectivity index (χ2v) is 8.65. The minimum Gasteiger partial charge on any atom is -0.450 e. The SMILES string of the molecule is CCOC(=O)N1CCC(N(Cc2nccs2)C(=O)[C@@H]2C[C@H]2c2ccccc2)CC1. The Morgan fingerprint density at radius 1 is 1.24 bits per heavy atom. The summed E-state index contributed by atoms with van der Waals surface area (Å²) in [7, 11) is 0. The summed E-state index contributed by atoms with van der Waals surface area (Å²) in [5.41, 5.74) is 1.25. The summed E-state index contributed by atoms with van der Waals surface area (Å²) in [4.78, 5) is 33.6. The van der Waals surface area contributed by atoms with Crippen molar-refractivity contribution in [3.05, 3.63) is 52.5 Å². The molecule has 29 heavy (non-hydrogen) atoms. The number of likely N-dealkylation sites (tertiary alicyclic amines) is 1. The molecule has 1 saturated carbocycles. The Morgan fingerprint density at radius 2 is 2.00 bits per heavy atom. The van der Waals surface area contributed by atoms with Crippen molar-refractivity contribution >= 4 is 23.3 Å². The first-order chi connectivity index (χ1) is 14.2. The molecular weight excluding hydrogens is 386 g/mol. The Hall–Kier alpha value is -2.41. The van der Waals surface area contributed by atoms with E-state index < -0.39 is 0 Å². The van der Waals surface area contributed by atoms with Gasteiger partial charge in [-0.2, -0.15) is 0 Å². The smallest absolute Gasteiger partial charge is 0.409 e. The van der Waals surface area contributed by atoms with Crippen LogP contribution in [0.15, 0.2) is 41.9 Å². The third-order valence-electron chi connectivity index (χ3n) is 5.84. The molecule has 0 unspecified atom stereocenters. The Morgan fingerprint density at radius 3 is 2.66 bits per heavy atom. The lowest BCUT2D eigenvalue weighted by Crippen LogP contribution is -2.49. The van der Waals surface area contributed by atoms with E-state index in [4.69, 9.17) is 4.74 Å². The Balaban J connectivity index is 1.43. The van der Waals surface area contributed by atoms with Gasteiger partial charge in [0.2, 0.25) is 5.91 Å². The number of thiazole rings is 1. The number of amides is 2. The predicted molar refractivity (Wildman–Crippen MR) is 112 cm³/mol. The third-order valence-corrected chi connectivity index (χ3v) is 6.60. The Bertz CT molecular complexity index is 819. The first-order valence-electron chi connectivity index (χ1n) is 10.3. The van der Waals surface area contributed by atoms with Crippen molar-refractivity contribution in [2.24, 2.45) is 5.92 Å². The zero-order valence-electron chi connectivity index (χ0n) is 16.7. The van der Waals surface area contributed by atoms with Crippen LogP contribution >= 0.6 is 11.3 Å². The topological polar surface area (TPSA) is 62.7 Å². The van der Waals surface area contributed by atoms with E-state index in [-0.39, 0.29) is 24.0 Å². The fourth-order valence-corrected chi connectivity index (χ4v) is 4.80. The van der Waals surface area contributed by atoms with E-state index in [1.807, 2.05) is 35.4 Å². The molecule has 0 spiro atoms. The van der Waals surface area contributed by atoms with Gasteiger partial charge in [-0.15, -0.1) is 11.3 Å². The monoisotopic (exact) mass is 413 g/mol. The van der Waals surface area contributed by atoms with Crippen molar-refractivity contribution < 1.29 is 14.3 Å². The van der Waals surface area contributed by atoms with Crippen LogP contribution in [0.3, 0.4) is 0 Å². The van der Waals surface area contributed by atoms with E-state index >= 15 is 0 Å². The molecule has 154 valence electrons. The molecule has 4 rings (SSSR count). The average Bonchev–Trinajstić information content (AvgIpc) is 3.40. The summed E-state index contributed by atoms with van der Waals surface area (Å²) in [6.07, 6.45) is 4.00. The molecule has 2 fully saturated rings. The number of nitrogens with zero attached hydrogens (tertiary/aromatic N) is 3. The molecular formula is C22H27N3O3S. The molecule has 2 atom stereocenters. The first-order valence-corrected chi connectivity index (χ1v) is 11.2. The van der Waals surface area contributed by atoms with Gasteiger partial charge in [-0.25, -0.2) is 9.78 Å². The molecule has 2 amide bonds. The number of ether oxygens (including phenoxy) is 1. The lowest BCUT2D eigenvalue weighted by atomic mass is 10.0. The van der Waals surface area contributed by atoms with Crippen molar-refractivity contribution in [1.29, 1.82) is 0 Å². The summed E-state index contributed by atoms with van der Waals surface area (Å²) >= 11 is 1.58. The minimum atomic E-state index is -0.255. The third kappa shape index (κ3) is 4.61. The highest BCUT2D eigenvalue weighted by Gasteiger charge is 2.47. The second-order valence-electron chi connectivity index (χ2n) is 7.67. The van der Waals surface area contributed by atoms with Gasteiger partial charge < -0.3 is 14.5 Å². The fraction of sp³-hybridized carbons (Fsp3) is 0.500. The molecule has 1 aliphatic heterocycles. The van der Waals surface area contributed by atoms with Crippen LogP contribution in [0, 0.1) is 5.92 Å². The van der Waals surface area contributed by atoms with E-state index in [0.29, 0.717) is 32.2 Å². The van der Waals surface area contributed by atoms with Gasteiger partial charge in [0.1, 0.15) is 5.01 Å². The standard InChI is InChI=1S/C22H27N3O3S/c1-2-28-22(27)24-11-8-17(9-12-24)25(15-20-23-10-13-29-20)21(26)19-14-18(19)16-6-4-3-5-7-16/h3-7,10,13,17-19H,2,8-9,11-12,14-15H2,1H3/t18-,19+/m0/s1. The van der Waals surface area contributed by atoms with Crippen LogP contribution in [0.5, 0.6) is 0 Å². The van der Waals surface area contributed by atoms with Gasteiger partial charge in [-0.05, 0) is 37.7 Å². The molecule has 0 N–H and O–H groups in total. The van der Waals surface area contributed by atoms with Crippen molar-refractivity contribution in [2.75, 3.05) is 19.7 Å². The number of carbonyl (C=O) groups excluding carboxylic acids is 2. The van der Waals surface area contributed by atoms with Crippen molar-refractivity contribution in [2.45, 2.75) is 44.7 Å². The van der Waals surface area contributed by atoms with E-state index in [1.165, 1.54) is 5.56 Å². The van der Waals surface area contributed by atoms with Crippen molar-refractivity contribution in [3.8, 4) is 0 Å². The summed E-state index contributed by atoms with van der Waals surface area (Å²) in [6, 6.07) is 10.4. The molecule has 6 nitrogen and oxygen atoms in total. The second kappa shape index (κ2) is 8.95. The molecule has 1 aromatic heterocycles. The lowest BCUT2D eigenvalue weighted by Gasteiger charge is -2.38. The zero-order valence-corrected chi connectivity index (χ0v) is 17.5. The lowest BCUT2D eigenvalue weighted by molar-refractivity contribution is -0.136. The van der Waals surface area contributed by atoms with Gasteiger partial charge in [0.05, 0.1) is 13.2 Å². The maximum Gasteiger partial charge on any atom is 0.409 e. The molecule has 1 saturated heterocycles. The number of rotatable bonds is 6. The van der Waals surface area contributed by atoms with E-state index in [9.17, 15) is 9.59 Å². The van der Waals surface area contributed by atoms with Crippen LogP contribution < -0.4 is 0 Å². The predicted octanol–water partition coefficient (Wildman–Crippen LogP) is 3.90. The van der Waals surface area contributed by atoms with E-state index in [2.05, 4.69) is 17.1 Å². The van der Waals surface area contributed by atoms with Crippen molar-refractivity contribution in [1.82, 2.24) is 14.8 Å². The van der Waals surface area contributed by atoms with Crippen LogP contribution in [0.4, 0.5) is 4.79 Å². The summed E-state index contributed by atoms with van der Waals surface area (Å²) in [6.45, 7) is 4.00. The van der Waals surface area contributed by atoms with Crippen molar-refractivity contribution in [3.63, 3.8) is 0 Å². The number of hydrogen-bond donors (Lipinski definition) is 0. The molecule has 2 aromatic rings. The Labute approximate surface area is 175 Å². The number of piperidine rings is 1. The molecule has 7 heteroatoms. The van der Waals surface area contributed by atoms with Gasteiger partial charge in [-0.3, -0.25) is 4.79 Å². The molecule has 0 radical (unpaired) electrons. The largest absolute Gasteiger partial charge is 0.450 e. The zero-order chi connectivity index (χ0) is 20.2. The highest BCUT2D eigenvalue weighted by atomic mass is 32.1. The number of hydrogen-bond acceptors (Lipinski definition) is 5. The number of aromatic nitrogens is 1. The average molecular weight is 414 g/mol. The fourth-order valence-electron chi connectivity index (χ4n) is 4.19. The first kappa shape index (κ1) is 19.9. The van der Waals surface area contributed by atoms with E-state index in [0.717, 1.165) is 24.3 Å². The minimum absolute atomic E-state index is 0.0560. The molecule has 2 aliphatic rings. The highest BCUT2D eigenvalue weighted by molar-refractivity contribution is 7.09. The Kier molecular flexibility index (Phi) is 6.13. The molecule has 1 aliphatic carbocycles. The normalized spacial score (nSPS) is 21.6. The number of benzene rings is 1.